The smallest absolute Gasteiger partial charge is 0.284 e. The molecule has 2 rings (SSSR count). The molecule has 20 heavy (non-hydrogen) atoms. The van der Waals surface area contributed by atoms with Crippen LogP contribution in [-0.4, -0.2) is 25.6 Å². The lowest BCUT2D eigenvalue weighted by Crippen LogP contribution is -2.05. The fourth-order valence-electron chi connectivity index (χ4n) is 2.11. The van der Waals surface area contributed by atoms with E-state index in [1.807, 2.05) is 0 Å². The molecule has 8 heteroatoms. The molecule has 2 unspecified atom stereocenters. The molecule has 0 aliphatic heterocycles. The van der Waals surface area contributed by atoms with Crippen LogP contribution in [0.1, 0.15) is 56.7 Å². The maximum absolute atomic E-state index is 5.38. The van der Waals surface area contributed by atoms with E-state index in [4.69, 9.17) is 21.1 Å². The van der Waals surface area contributed by atoms with Crippen molar-refractivity contribution >= 4 is 24.8 Å². The molecule has 6 nitrogen and oxygen atoms in total. The van der Waals surface area contributed by atoms with Crippen LogP contribution in [0.5, 0.6) is 0 Å². The largest absolute Gasteiger partial charge is 0.427 e. The summed E-state index contributed by atoms with van der Waals surface area (Å²) < 4.78 is 10.7. The highest BCUT2D eigenvalue weighted by molar-refractivity contribution is 7.80. The SMILES string of the molecule is CCCC(S)CCCC(c1nnco1)c1n[nH]c(=S)o1. The number of hydrogen-bond donors (Lipinski definition) is 2. The van der Waals surface area contributed by atoms with Crippen LogP contribution in [0.25, 0.3) is 0 Å². The van der Waals surface area contributed by atoms with Gasteiger partial charge in [0.15, 0.2) is 0 Å². The molecule has 0 saturated heterocycles. The second-order valence-electron chi connectivity index (χ2n) is 4.65. The first-order valence-electron chi connectivity index (χ1n) is 6.70. The van der Waals surface area contributed by atoms with Crippen LogP contribution in [0.3, 0.4) is 0 Å². The van der Waals surface area contributed by atoms with Crippen molar-refractivity contribution in [3.63, 3.8) is 0 Å². The quantitative estimate of drug-likeness (QED) is 0.573. The van der Waals surface area contributed by atoms with E-state index >= 15 is 0 Å². The van der Waals surface area contributed by atoms with Crippen molar-refractivity contribution in [3.05, 3.63) is 23.0 Å². The normalized spacial score (nSPS) is 14.3. The highest BCUT2D eigenvalue weighted by Gasteiger charge is 2.24. The molecule has 0 amide bonds. The van der Waals surface area contributed by atoms with Crippen LogP contribution in [-0.2, 0) is 0 Å². The van der Waals surface area contributed by atoms with Crippen molar-refractivity contribution in [2.24, 2.45) is 0 Å². The van der Waals surface area contributed by atoms with Crippen LogP contribution in [0.2, 0.25) is 0 Å². The number of H-pyrrole nitrogens is 1. The number of nitrogens with zero attached hydrogens (tertiary/aromatic N) is 3. The Morgan fingerprint density at radius 3 is 2.80 bits per heavy atom. The molecule has 110 valence electrons. The molecule has 0 saturated carbocycles. The zero-order chi connectivity index (χ0) is 14.4. The monoisotopic (exact) mass is 314 g/mol. The van der Waals surface area contributed by atoms with Gasteiger partial charge in [-0.15, -0.1) is 15.3 Å². The van der Waals surface area contributed by atoms with E-state index in [0.29, 0.717) is 17.0 Å². The van der Waals surface area contributed by atoms with Crippen LogP contribution in [0, 0.1) is 4.84 Å². The molecule has 0 radical (unpaired) electrons. The third kappa shape index (κ3) is 4.17. The Balaban J connectivity index is 1.99. The van der Waals surface area contributed by atoms with Crippen molar-refractivity contribution in [2.45, 2.75) is 50.2 Å². The molecule has 0 fully saturated rings. The minimum absolute atomic E-state index is 0.160. The third-order valence-electron chi connectivity index (χ3n) is 3.08. The van der Waals surface area contributed by atoms with Crippen LogP contribution in [0.4, 0.5) is 0 Å². The molecule has 0 aromatic carbocycles. The van der Waals surface area contributed by atoms with Gasteiger partial charge in [-0.25, -0.2) is 5.10 Å². The second-order valence-corrected chi connectivity index (χ2v) is 5.76. The highest BCUT2D eigenvalue weighted by Crippen LogP contribution is 2.28. The van der Waals surface area contributed by atoms with Gasteiger partial charge in [-0.1, -0.05) is 19.8 Å². The summed E-state index contributed by atoms with van der Waals surface area (Å²) in [6, 6.07) is 0. The summed E-state index contributed by atoms with van der Waals surface area (Å²) in [6.45, 7) is 2.16. The average molecular weight is 314 g/mol. The first-order chi connectivity index (χ1) is 9.70. The lowest BCUT2D eigenvalue weighted by Gasteiger charge is -2.11. The second kappa shape index (κ2) is 7.58. The summed E-state index contributed by atoms with van der Waals surface area (Å²) in [6.07, 6.45) is 6.41. The fraction of sp³-hybridized carbons (Fsp3) is 0.667. The predicted molar refractivity (Wildman–Crippen MR) is 79.4 cm³/mol. The molecule has 2 aromatic heterocycles. The van der Waals surface area contributed by atoms with Gasteiger partial charge in [-0.05, 0) is 31.5 Å². The summed E-state index contributed by atoms with van der Waals surface area (Å²) in [5.74, 6) is 0.833. The van der Waals surface area contributed by atoms with Gasteiger partial charge in [0, 0.05) is 5.25 Å². The van der Waals surface area contributed by atoms with E-state index in [0.717, 1.165) is 32.1 Å². The Bertz CT molecular complexity index is 552. The van der Waals surface area contributed by atoms with Gasteiger partial charge >= 0.3 is 0 Å². The van der Waals surface area contributed by atoms with Crippen LogP contribution >= 0.6 is 24.8 Å². The van der Waals surface area contributed by atoms with Crippen LogP contribution in [0.15, 0.2) is 15.2 Å². The standard InChI is InChI=1S/C12H18N4O2S2/c1-2-4-8(19)5-3-6-9(10-14-13-7-17-10)11-15-16-12(20)18-11/h7-9,19H,2-6H2,1H3,(H,16,20). The third-order valence-corrected chi connectivity index (χ3v) is 3.77. The Morgan fingerprint density at radius 2 is 2.20 bits per heavy atom. The average Bonchev–Trinajstić information content (AvgIpc) is 3.06. The van der Waals surface area contributed by atoms with E-state index in [1.165, 1.54) is 6.39 Å². The van der Waals surface area contributed by atoms with E-state index in [9.17, 15) is 0 Å². The summed E-state index contributed by atoms with van der Waals surface area (Å²) in [5, 5.41) is 14.8. The topological polar surface area (TPSA) is 80.7 Å². The van der Waals surface area contributed by atoms with Crippen molar-refractivity contribution in [1.29, 1.82) is 0 Å². The minimum Gasteiger partial charge on any atom is -0.427 e. The number of nitrogens with one attached hydrogen (secondary N) is 1. The number of aromatic amines is 1. The van der Waals surface area contributed by atoms with Gasteiger partial charge in [-0.2, -0.15) is 12.6 Å². The van der Waals surface area contributed by atoms with Gasteiger partial charge in [0.1, 0.15) is 5.92 Å². The van der Waals surface area contributed by atoms with Crippen molar-refractivity contribution in [1.82, 2.24) is 20.4 Å². The Kier molecular flexibility index (Phi) is 5.78. The summed E-state index contributed by atoms with van der Waals surface area (Å²) in [5.41, 5.74) is 0. The Morgan fingerprint density at radius 1 is 1.35 bits per heavy atom. The lowest BCUT2D eigenvalue weighted by atomic mass is 10.00. The van der Waals surface area contributed by atoms with E-state index in [2.05, 4.69) is 39.9 Å². The van der Waals surface area contributed by atoms with Gasteiger partial charge < -0.3 is 8.83 Å². The van der Waals surface area contributed by atoms with Crippen LogP contribution < -0.4 is 0 Å². The van der Waals surface area contributed by atoms with Crippen molar-refractivity contribution in [2.75, 3.05) is 0 Å². The van der Waals surface area contributed by atoms with E-state index in [-0.39, 0.29) is 10.8 Å². The molecule has 1 N–H and O–H groups in total. The lowest BCUT2D eigenvalue weighted by molar-refractivity contribution is 0.382. The number of rotatable bonds is 8. The molecule has 0 aliphatic rings. The number of thiol groups is 1. The Labute approximate surface area is 127 Å². The molecule has 2 heterocycles. The summed E-state index contributed by atoms with van der Waals surface area (Å²) in [7, 11) is 0. The van der Waals surface area contributed by atoms with Gasteiger partial charge in [0.25, 0.3) is 4.84 Å². The fourth-order valence-corrected chi connectivity index (χ4v) is 2.68. The first-order valence-corrected chi connectivity index (χ1v) is 7.62. The maximum atomic E-state index is 5.38. The van der Waals surface area contributed by atoms with Gasteiger partial charge in [0.2, 0.25) is 18.2 Å². The molecule has 0 bridgehead atoms. The molecule has 2 atom stereocenters. The summed E-state index contributed by atoms with van der Waals surface area (Å²) >= 11 is 9.47. The molecule has 0 aliphatic carbocycles. The van der Waals surface area contributed by atoms with E-state index < -0.39 is 0 Å². The molecule has 0 spiro atoms. The van der Waals surface area contributed by atoms with Gasteiger partial charge in [-0.3, -0.25) is 0 Å². The molecular weight excluding hydrogens is 296 g/mol. The number of aromatic nitrogens is 4. The molecule has 2 aromatic rings. The van der Waals surface area contributed by atoms with Gasteiger partial charge in [0.05, 0.1) is 0 Å². The maximum Gasteiger partial charge on any atom is 0.284 e. The van der Waals surface area contributed by atoms with Crippen molar-refractivity contribution in [3.8, 4) is 0 Å². The predicted octanol–water partition coefficient (Wildman–Crippen LogP) is 3.52. The first kappa shape index (κ1) is 15.2. The zero-order valence-electron chi connectivity index (χ0n) is 11.3. The summed E-state index contributed by atoms with van der Waals surface area (Å²) in [4.78, 5) is 0.252. The minimum atomic E-state index is -0.160. The zero-order valence-corrected chi connectivity index (χ0v) is 13.0. The Hall–Kier alpha value is -1.15. The molecular formula is C12H18N4O2S2. The van der Waals surface area contributed by atoms with Crippen molar-refractivity contribution < 1.29 is 8.83 Å². The number of hydrogen-bond acceptors (Lipinski definition) is 7. The van der Waals surface area contributed by atoms with E-state index in [1.54, 1.807) is 0 Å². The highest BCUT2D eigenvalue weighted by atomic mass is 32.1.